The molecule has 3 aromatic carbocycles. The van der Waals surface area contributed by atoms with E-state index >= 15 is 0 Å². The second kappa shape index (κ2) is 16.4. The zero-order valence-electron chi connectivity index (χ0n) is 24.0. The van der Waals surface area contributed by atoms with Gasteiger partial charge in [0, 0.05) is 5.92 Å². The summed E-state index contributed by atoms with van der Waals surface area (Å²) >= 11 is 12.9. The minimum absolute atomic E-state index is 0.0697. The van der Waals surface area contributed by atoms with Gasteiger partial charge in [0.05, 0.1) is 34.0 Å². The number of rotatable bonds is 18. The van der Waals surface area contributed by atoms with Crippen LogP contribution in [0.5, 0.6) is 28.7 Å². The van der Waals surface area contributed by atoms with Crippen molar-refractivity contribution in [2.24, 2.45) is 0 Å². The Labute approximate surface area is 261 Å². The summed E-state index contributed by atoms with van der Waals surface area (Å²) in [7, 11) is 3.36. The first-order valence-corrected chi connectivity index (χ1v) is 16.2. The lowest BCUT2D eigenvalue weighted by Gasteiger charge is -2.23. The van der Waals surface area contributed by atoms with E-state index in [1.165, 1.54) is 24.0 Å². The lowest BCUT2D eigenvalue weighted by molar-refractivity contribution is 0.295. The number of benzene rings is 3. The third-order valence-corrected chi connectivity index (χ3v) is 8.06. The van der Waals surface area contributed by atoms with E-state index in [9.17, 15) is 0 Å². The predicted molar refractivity (Wildman–Crippen MR) is 177 cm³/mol. The fourth-order valence-corrected chi connectivity index (χ4v) is 5.26. The van der Waals surface area contributed by atoms with Crippen molar-refractivity contribution in [2.45, 2.75) is 43.9 Å². The van der Waals surface area contributed by atoms with Crippen LogP contribution in [0.1, 0.15) is 66.2 Å². The van der Waals surface area contributed by atoms with E-state index in [0.717, 1.165) is 64.9 Å². The first-order valence-electron chi connectivity index (χ1n) is 14.3. The molecule has 0 bridgehead atoms. The van der Waals surface area contributed by atoms with Crippen molar-refractivity contribution in [3.05, 3.63) is 76.9 Å². The fraction of sp³-hybridized carbons (Fsp3) is 0.455. The molecule has 0 saturated heterocycles. The van der Waals surface area contributed by atoms with Gasteiger partial charge in [-0.05, 0) is 108 Å². The van der Waals surface area contributed by atoms with Crippen LogP contribution in [0.2, 0.25) is 0 Å². The molecule has 1 aliphatic rings. The van der Waals surface area contributed by atoms with Gasteiger partial charge in [0.2, 0.25) is 0 Å². The minimum Gasteiger partial charge on any atom is -0.493 e. The number of hydrogen-bond donors (Lipinski definition) is 3. The van der Waals surface area contributed by atoms with Gasteiger partial charge in [-0.25, -0.2) is 0 Å². The Morgan fingerprint density at radius 2 is 1.00 bits per heavy atom. The third-order valence-electron chi connectivity index (χ3n) is 7.11. The highest BCUT2D eigenvalue weighted by Crippen LogP contribution is 2.47. The van der Waals surface area contributed by atoms with Crippen molar-refractivity contribution in [2.75, 3.05) is 51.3 Å². The molecule has 0 spiro atoms. The normalized spacial score (nSPS) is 12.8. The van der Waals surface area contributed by atoms with Crippen LogP contribution in [-0.4, -0.2) is 51.3 Å². The number of ether oxygens (including phenoxy) is 5. The Kier molecular flexibility index (Phi) is 12.6. The molecule has 0 unspecified atom stereocenters. The summed E-state index contributed by atoms with van der Waals surface area (Å²) in [5, 5.41) is 0. The Morgan fingerprint density at radius 3 is 1.41 bits per heavy atom. The fourth-order valence-electron chi connectivity index (χ4n) is 4.87. The largest absolute Gasteiger partial charge is 0.493 e. The maximum absolute atomic E-state index is 6.19. The molecule has 0 N–H and O–H groups in total. The molecule has 0 heterocycles. The van der Waals surface area contributed by atoms with Crippen molar-refractivity contribution in [1.82, 2.24) is 0 Å². The molecule has 5 nitrogen and oxygen atoms in total. The summed E-state index contributed by atoms with van der Waals surface area (Å²) in [5.41, 5.74) is 4.66. The summed E-state index contributed by atoms with van der Waals surface area (Å²) < 4.78 is 29.7. The van der Waals surface area contributed by atoms with Crippen LogP contribution in [-0.2, 0) is 0 Å². The second-order valence-corrected chi connectivity index (χ2v) is 11.4. The third kappa shape index (κ3) is 8.62. The maximum atomic E-state index is 6.19. The SMILES string of the molecule is COc1cc(C(c2ccc(OCCCS)c(OC)c2)c2ccc(OCCCS)c(C3CC3)c2)ccc1OCCCS. The summed E-state index contributed by atoms with van der Waals surface area (Å²) in [6.07, 6.45) is 5.03. The van der Waals surface area contributed by atoms with E-state index in [0.29, 0.717) is 37.2 Å². The van der Waals surface area contributed by atoms with E-state index in [1.807, 2.05) is 12.1 Å². The van der Waals surface area contributed by atoms with Gasteiger partial charge in [0.25, 0.3) is 0 Å². The van der Waals surface area contributed by atoms with Crippen LogP contribution in [0, 0.1) is 0 Å². The van der Waals surface area contributed by atoms with Gasteiger partial charge in [-0.2, -0.15) is 37.9 Å². The molecule has 0 aliphatic heterocycles. The topological polar surface area (TPSA) is 46.2 Å². The zero-order valence-corrected chi connectivity index (χ0v) is 26.7. The predicted octanol–water partition coefficient (Wildman–Crippen LogP) is 7.86. The summed E-state index contributed by atoms with van der Waals surface area (Å²) in [6.45, 7) is 1.85. The molecular weight excluding hydrogens is 573 g/mol. The van der Waals surface area contributed by atoms with Crippen LogP contribution in [0.3, 0.4) is 0 Å². The Balaban J connectivity index is 1.77. The molecule has 1 aliphatic carbocycles. The monoisotopic (exact) mass is 614 g/mol. The molecular formula is C33H42O5S3. The summed E-state index contributed by atoms with van der Waals surface area (Å²) in [4.78, 5) is 0. The summed E-state index contributed by atoms with van der Waals surface area (Å²) in [5.74, 6) is 6.68. The van der Waals surface area contributed by atoms with Gasteiger partial charge >= 0.3 is 0 Å². The first-order chi connectivity index (χ1) is 20.1. The zero-order chi connectivity index (χ0) is 29.0. The van der Waals surface area contributed by atoms with Gasteiger partial charge in [0.15, 0.2) is 23.0 Å². The molecule has 222 valence electrons. The van der Waals surface area contributed by atoms with E-state index in [4.69, 9.17) is 23.7 Å². The van der Waals surface area contributed by atoms with E-state index in [2.05, 4.69) is 80.4 Å². The van der Waals surface area contributed by atoms with Crippen LogP contribution >= 0.6 is 37.9 Å². The van der Waals surface area contributed by atoms with E-state index in [-0.39, 0.29) is 5.92 Å². The van der Waals surface area contributed by atoms with Crippen molar-refractivity contribution in [1.29, 1.82) is 0 Å². The lowest BCUT2D eigenvalue weighted by Crippen LogP contribution is -2.08. The number of hydrogen-bond acceptors (Lipinski definition) is 8. The highest BCUT2D eigenvalue weighted by molar-refractivity contribution is 7.80. The lowest BCUT2D eigenvalue weighted by atomic mass is 9.83. The molecule has 3 aromatic rings. The molecule has 41 heavy (non-hydrogen) atoms. The van der Waals surface area contributed by atoms with E-state index in [1.54, 1.807) is 14.2 Å². The highest BCUT2D eigenvalue weighted by Gasteiger charge is 2.29. The van der Waals surface area contributed by atoms with Crippen LogP contribution < -0.4 is 23.7 Å². The Hall–Kier alpha value is -2.29. The highest BCUT2D eigenvalue weighted by atomic mass is 32.1. The first kappa shape index (κ1) is 31.6. The molecule has 1 saturated carbocycles. The molecule has 0 radical (unpaired) electrons. The average molecular weight is 615 g/mol. The molecule has 0 aromatic heterocycles. The quantitative estimate of drug-likeness (QED) is 0.0774. The van der Waals surface area contributed by atoms with Crippen molar-refractivity contribution < 1.29 is 23.7 Å². The van der Waals surface area contributed by atoms with Crippen LogP contribution in [0.15, 0.2) is 54.6 Å². The van der Waals surface area contributed by atoms with Crippen molar-refractivity contribution in [3.8, 4) is 28.7 Å². The smallest absolute Gasteiger partial charge is 0.161 e. The number of thiol groups is 3. The van der Waals surface area contributed by atoms with E-state index < -0.39 is 0 Å². The standard InChI is InChI=1S/C33H42O5S3/c1-34-31-21-25(9-12-29(31)37-15-4-18-40)33(26-10-13-30(32(22-26)35-2)38-16-5-19-41)24-8-11-28(36-14-3-17-39)27(20-24)23-6-7-23/h8-13,20-23,33,39-41H,3-7,14-19H2,1-2H3. The Morgan fingerprint density at radius 1 is 0.585 bits per heavy atom. The maximum Gasteiger partial charge on any atom is 0.161 e. The van der Waals surface area contributed by atoms with Crippen molar-refractivity contribution in [3.63, 3.8) is 0 Å². The molecule has 1 fully saturated rings. The number of methoxy groups -OCH3 is 2. The average Bonchev–Trinajstić information content (AvgIpc) is 3.85. The van der Waals surface area contributed by atoms with Gasteiger partial charge in [-0.1, -0.05) is 24.3 Å². The van der Waals surface area contributed by atoms with Crippen LogP contribution in [0.25, 0.3) is 0 Å². The van der Waals surface area contributed by atoms with Gasteiger partial charge in [-0.15, -0.1) is 0 Å². The van der Waals surface area contributed by atoms with Crippen LogP contribution in [0.4, 0.5) is 0 Å². The molecule has 4 rings (SSSR count). The molecule has 0 amide bonds. The van der Waals surface area contributed by atoms with Gasteiger partial charge in [0.1, 0.15) is 5.75 Å². The van der Waals surface area contributed by atoms with Crippen molar-refractivity contribution >= 4 is 37.9 Å². The summed E-state index contributed by atoms with van der Waals surface area (Å²) in [6, 6.07) is 19.1. The minimum atomic E-state index is -0.0697. The Bertz CT molecular complexity index is 1190. The van der Waals surface area contributed by atoms with Gasteiger partial charge < -0.3 is 23.7 Å². The van der Waals surface area contributed by atoms with Gasteiger partial charge in [-0.3, -0.25) is 0 Å². The molecule has 8 heteroatoms. The second-order valence-electron chi connectivity index (χ2n) is 10.1. The molecule has 0 atom stereocenters.